The summed E-state index contributed by atoms with van der Waals surface area (Å²) in [7, 11) is 1.00. The van der Waals surface area contributed by atoms with E-state index in [9.17, 15) is 4.79 Å². The summed E-state index contributed by atoms with van der Waals surface area (Å²) in [5.41, 5.74) is 8.14. The smallest absolute Gasteiger partial charge is 0.150 e. The monoisotopic (exact) mass is 315 g/mol. The van der Waals surface area contributed by atoms with Crippen molar-refractivity contribution in [2.75, 3.05) is 20.3 Å². The largest absolute Gasteiger partial charge is 0.481 e. The first-order valence-electron chi connectivity index (χ1n) is 6.98. The van der Waals surface area contributed by atoms with E-state index in [0.29, 0.717) is 30.7 Å². The van der Waals surface area contributed by atoms with Crippen molar-refractivity contribution in [3.05, 3.63) is 41.5 Å². The molecule has 1 aromatic rings. The van der Waals surface area contributed by atoms with E-state index in [0.717, 1.165) is 24.5 Å². The number of carbonyl (C=O) groups is 1. The Morgan fingerprint density at radius 1 is 1.35 bits per heavy atom. The molecular formula is C19H25NO3. The number of aryl methyl sites for hydroxylation is 1. The summed E-state index contributed by atoms with van der Waals surface area (Å²) in [4.78, 5) is 10.7. The van der Waals surface area contributed by atoms with Crippen LogP contribution in [0.15, 0.2) is 24.8 Å². The van der Waals surface area contributed by atoms with Crippen LogP contribution >= 0.6 is 0 Å². The molecule has 0 aliphatic rings. The normalized spacial score (nSPS) is 8.09. The molecule has 0 saturated heterocycles. The van der Waals surface area contributed by atoms with Gasteiger partial charge in [0.05, 0.1) is 0 Å². The van der Waals surface area contributed by atoms with Gasteiger partial charge in [0.15, 0.2) is 0 Å². The van der Waals surface area contributed by atoms with Gasteiger partial charge in [-0.25, -0.2) is 0 Å². The zero-order valence-electron chi connectivity index (χ0n) is 13.8. The maximum Gasteiger partial charge on any atom is 0.150 e. The molecule has 0 amide bonds. The summed E-state index contributed by atoms with van der Waals surface area (Å²) in [6, 6.07) is 3.52. The highest BCUT2D eigenvalue weighted by molar-refractivity contribution is 5.76. The second kappa shape index (κ2) is 15.9. The molecule has 23 heavy (non-hydrogen) atoms. The third kappa shape index (κ3) is 9.92. The molecule has 0 heterocycles. The van der Waals surface area contributed by atoms with Gasteiger partial charge in [-0.2, -0.15) is 0 Å². The Labute approximate surface area is 139 Å². The van der Waals surface area contributed by atoms with Crippen molar-refractivity contribution in [1.82, 2.24) is 0 Å². The minimum atomic E-state index is 0.194. The minimum Gasteiger partial charge on any atom is -0.481 e. The molecule has 0 aromatic heterocycles. The Hall–Kier alpha value is -2.53. The number of hydrogen-bond acceptors (Lipinski definition) is 4. The number of hydrogen-bond donors (Lipinski definition) is 2. The molecule has 1 rings (SSSR count). The molecule has 1 aromatic carbocycles. The predicted octanol–water partition coefficient (Wildman–Crippen LogP) is 2.12. The summed E-state index contributed by atoms with van der Waals surface area (Å²) >= 11 is 0. The Balaban J connectivity index is 0. The van der Waals surface area contributed by atoms with Crippen LogP contribution in [0.25, 0.3) is 0 Å². The Morgan fingerprint density at radius 2 is 2.00 bits per heavy atom. The van der Waals surface area contributed by atoms with E-state index in [4.69, 9.17) is 28.4 Å². The summed E-state index contributed by atoms with van der Waals surface area (Å²) in [6.07, 6.45) is 13.8. The van der Waals surface area contributed by atoms with E-state index in [1.165, 1.54) is 0 Å². The summed E-state index contributed by atoms with van der Waals surface area (Å²) in [5.74, 6) is 5.46. The second-order valence-corrected chi connectivity index (χ2v) is 4.16. The molecule has 0 saturated carbocycles. The lowest BCUT2D eigenvalue weighted by Gasteiger charge is -2.12. The average molecular weight is 315 g/mol. The molecule has 3 N–H and O–H groups in total. The predicted molar refractivity (Wildman–Crippen MR) is 95.4 cm³/mol. The molecule has 0 aliphatic carbocycles. The second-order valence-electron chi connectivity index (χ2n) is 4.16. The fourth-order valence-electron chi connectivity index (χ4n) is 1.68. The molecular weight excluding hydrogens is 290 g/mol. The van der Waals surface area contributed by atoms with Crippen LogP contribution in [0.4, 0.5) is 0 Å². The molecule has 124 valence electrons. The maximum absolute atomic E-state index is 10.7. The topological polar surface area (TPSA) is 72.5 Å². The molecule has 4 heteroatoms. The highest BCUT2D eigenvalue weighted by Crippen LogP contribution is 2.24. The standard InChI is InChI=1S/C13H15NO2.C5H6.CH4O/c1-3-6-16-13-8-11(9-15)7-10(2)12(13)4-5-14;1-3-5-4-2;1-2/h1,7-9H,4-6,14H2,2H3;1,4H,2,5H2;2H,1H3. The van der Waals surface area contributed by atoms with Gasteiger partial charge in [0.25, 0.3) is 0 Å². The van der Waals surface area contributed by atoms with Crippen LogP contribution in [-0.2, 0) is 6.42 Å². The van der Waals surface area contributed by atoms with E-state index in [2.05, 4.69) is 18.4 Å². The third-order valence-corrected chi connectivity index (χ3v) is 2.56. The van der Waals surface area contributed by atoms with Crippen molar-refractivity contribution >= 4 is 6.29 Å². The van der Waals surface area contributed by atoms with Gasteiger partial charge >= 0.3 is 0 Å². The fourth-order valence-corrected chi connectivity index (χ4v) is 1.68. The zero-order chi connectivity index (χ0) is 18.1. The van der Waals surface area contributed by atoms with Gasteiger partial charge in [0.1, 0.15) is 18.6 Å². The lowest BCUT2D eigenvalue weighted by Crippen LogP contribution is -2.08. The van der Waals surface area contributed by atoms with Gasteiger partial charge in [-0.05, 0) is 43.1 Å². The molecule has 0 atom stereocenters. The maximum atomic E-state index is 10.7. The van der Waals surface area contributed by atoms with Gasteiger partial charge in [0.2, 0.25) is 0 Å². The summed E-state index contributed by atoms with van der Waals surface area (Å²) < 4.78 is 5.41. The number of aldehydes is 1. The van der Waals surface area contributed by atoms with E-state index < -0.39 is 0 Å². The average Bonchev–Trinajstić information content (AvgIpc) is 2.58. The number of benzene rings is 1. The lowest BCUT2D eigenvalue weighted by molar-refractivity contribution is 0.112. The molecule has 0 fully saturated rings. The Bertz CT molecular complexity index is 551. The van der Waals surface area contributed by atoms with Gasteiger partial charge in [-0.15, -0.1) is 25.3 Å². The molecule has 0 unspecified atom stereocenters. The minimum absolute atomic E-state index is 0.194. The molecule has 0 radical (unpaired) electrons. The van der Waals surface area contributed by atoms with Crippen molar-refractivity contribution in [1.29, 1.82) is 0 Å². The van der Waals surface area contributed by atoms with E-state index in [1.807, 2.05) is 13.0 Å². The van der Waals surface area contributed by atoms with E-state index in [1.54, 1.807) is 12.1 Å². The SMILES string of the molecule is C#CCC=C.C#CCOc1cc(C=O)cc(C)c1CCN.CO. The number of aliphatic hydroxyl groups excluding tert-OH is 1. The van der Waals surface area contributed by atoms with Crippen molar-refractivity contribution in [2.45, 2.75) is 19.8 Å². The van der Waals surface area contributed by atoms with Crippen molar-refractivity contribution in [3.8, 4) is 30.4 Å². The van der Waals surface area contributed by atoms with Crippen molar-refractivity contribution in [2.24, 2.45) is 5.73 Å². The first kappa shape index (κ1) is 22.7. The van der Waals surface area contributed by atoms with E-state index >= 15 is 0 Å². The number of ether oxygens (including phenoxy) is 1. The Kier molecular flexibility index (Phi) is 15.7. The first-order valence-corrected chi connectivity index (χ1v) is 6.98. The van der Waals surface area contributed by atoms with Crippen LogP contribution in [0.1, 0.15) is 27.9 Å². The number of nitrogens with two attached hydrogens (primary N) is 1. The van der Waals surface area contributed by atoms with Gasteiger partial charge in [-0.1, -0.05) is 12.0 Å². The van der Waals surface area contributed by atoms with Crippen LogP contribution in [0.3, 0.4) is 0 Å². The fraction of sp³-hybridized carbons (Fsp3) is 0.316. The van der Waals surface area contributed by atoms with Crippen LogP contribution in [0.5, 0.6) is 5.75 Å². The van der Waals surface area contributed by atoms with Crippen LogP contribution in [0.2, 0.25) is 0 Å². The third-order valence-electron chi connectivity index (χ3n) is 2.56. The Morgan fingerprint density at radius 3 is 2.39 bits per heavy atom. The quantitative estimate of drug-likeness (QED) is 0.479. The highest BCUT2D eigenvalue weighted by atomic mass is 16.5. The number of rotatable bonds is 6. The van der Waals surface area contributed by atoms with Crippen molar-refractivity contribution < 1.29 is 14.6 Å². The first-order chi connectivity index (χ1) is 11.1. The van der Waals surface area contributed by atoms with Gasteiger partial charge < -0.3 is 15.6 Å². The van der Waals surface area contributed by atoms with Crippen LogP contribution in [0, 0.1) is 31.6 Å². The van der Waals surface area contributed by atoms with Crippen LogP contribution < -0.4 is 10.5 Å². The number of terminal acetylenes is 2. The van der Waals surface area contributed by atoms with Crippen molar-refractivity contribution in [3.63, 3.8) is 0 Å². The van der Waals surface area contributed by atoms with Crippen LogP contribution in [-0.4, -0.2) is 31.7 Å². The lowest BCUT2D eigenvalue weighted by atomic mass is 10.0. The highest BCUT2D eigenvalue weighted by Gasteiger charge is 2.08. The summed E-state index contributed by atoms with van der Waals surface area (Å²) in [5, 5.41) is 7.00. The zero-order valence-corrected chi connectivity index (χ0v) is 13.8. The summed E-state index contributed by atoms with van der Waals surface area (Å²) in [6.45, 7) is 6.07. The molecule has 0 bridgehead atoms. The molecule has 4 nitrogen and oxygen atoms in total. The molecule has 0 spiro atoms. The van der Waals surface area contributed by atoms with Gasteiger partial charge in [0, 0.05) is 19.1 Å². The van der Waals surface area contributed by atoms with Gasteiger partial charge in [-0.3, -0.25) is 4.79 Å². The molecule has 0 aliphatic heterocycles. The number of carbonyl (C=O) groups excluding carboxylic acids is 1. The van der Waals surface area contributed by atoms with E-state index in [-0.39, 0.29) is 6.61 Å². The number of allylic oxidation sites excluding steroid dienone is 1. The number of aliphatic hydroxyl groups is 1.